The number of benzene rings is 12. The number of carbonyl (C=O) groups excluding carboxylic acids is 4. The number of hydrogen-bond acceptors (Lipinski definition) is 12. The van der Waals surface area contributed by atoms with Crippen molar-refractivity contribution in [3.63, 3.8) is 0 Å². The predicted molar refractivity (Wildman–Crippen MR) is 486 cm³/mol. The number of fused-ring (bicyclic) bond motifs is 4. The number of aromatic hydroxyl groups is 4. The minimum absolute atomic E-state index is 0.0454. The molecule has 0 radical (unpaired) electrons. The molecule has 4 aliphatic heterocycles. The zero-order chi connectivity index (χ0) is 84.5. The quantitative estimate of drug-likeness (QED) is 0.0649. The summed E-state index contributed by atoms with van der Waals surface area (Å²) in [5.41, 5.74) is 18.3. The Balaban J connectivity index is 0.000000138. The van der Waals surface area contributed by atoms with Crippen LogP contribution < -0.4 is 20.4 Å². The Kier molecular flexibility index (Phi) is 26.9. The number of anilines is 4. The second kappa shape index (κ2) is 37.5. The average Bonchev–Trinajstić information content (AvgIpc) is 1.59. The van der Waals surface area contributed by atoms with E-state index in [-0.39, 0.29) is 52.0 Å². The van der Waals surface area contributed by atoms with Crippen LogP contribution in [0.25, 0.3) is 0 Å². The summed E-state index contributed by atoms with van der Waals surface area (Å²) in [6.45, 7) is 10.8. The van der Waals surface area contributed by atoms with Crippen LogP contribution in [-0.4, -0.2) is 105 Å². The van der Waals surface area contributed by atoms with Crippen molar-refractivity contribution in [2.75, 3.05) is 34.5 Å². The summed E-state index contributed by atoms with van der Waals surface area (Å²) in [5, 5.41) is 47.5. The van der Waals surface area contributed by atoms with Crippen LogP contribution >= 0.6 is 73.9 Å². The number of carbonyl (C=O) groups is 4. The molecule has 16 nitrogen and oxygen atoms in total. The van der Waals surface area contributed by atoms with Crippen LogP contribution in [-0.2, 0) is 50.3 Å². The van der Waals surface area contributed by atoms with Crippen molar-refractivity contribution in [1.82, 2.24) is 0 Å². The van der Waals surface area contributed by atoms with E-state index in [0.717, 1.165) is 82.6 Å². The second-order valence-corrected chi connectivity index (χ2v) is 33.4. The molecule has 4 amide bonds. The summed E-state index contributed by atoms with van der Waals surface area (Å²) < 4.78 is 0.939. The van der Waals surface area contributed by atoms with Gasteiger partial charge in [-0.3, -0.25) is 39.1 Å². The van der Waals surface area contributed by atoms with Crippen molar-refractivity contribution in [2.45, 2.75) is 95.8 Å². The third-order valence-electron chi connectivity index (χ3n) is 20.7. The van der Waals surface area contributed by atoms with Crippen LogP contribution in [0, 0.1) is 0 Å². The fraction of sp³-hybridized carbons (Fsp3) is 0.175. The standard InChI is InChI=1S/C27H27ClN2O2.C26H25ClN2O2.C22H16BrClN2O2.C22H16Cl2N2O2/c1-27(2,3)22-8-6-5-7-18(22)15-23-26(32)30(4)24-14-11-19(28)16-21(24)25(29-23)17-9-12-20(31)13-10-17;1-16(2)21-7-5-4-6-18(21)14-23-26(31)29(3)24-13-10-19(27)15-22(24)25(28-23)17-8-11-20(30)12-9-17;23-18-4-2-1-3-14(18)11-20-22(28)26-19-10-7-15(24)12-17(19)21(25-20)13-5-8-16(27)9-6-13;23-15-7-10-19-17(12-15)21(13-5-8-16(27)9-6-13)25-20(22(28)26-19)11-14-3-1-2-4-18(14)24/h5-14,16,23,31H,15H2,1-4H3;4-13,15-16,23,30H,14H2,1-3H3;2*1-10,12,20,27H,11H2,(H,26,28). The number of nitrogens with one attached hydrogen (secondary N) is 2. The Morgan fingerprint density at radius 1 is 0.378 bits per heavy atom. The van der Waals surface area contributed by atoms with E-state index in [1.807, 2.05) is 115 Å². The molecule has 22 heteroatoms. The number of hydrogen-bond donors (Lipinski definition) is 6. The number of nitrogens with zero attached hydrogens (tertiary/aromatic N) is 6. The van der Waals surface area contributed by atoms with E-state index in [4.69, 9.17) is 78.0 Å². The number of phenolic OH excluding ortho intramolecular Hbond substituents is 4. The second-order valence-electron chi connectivity index (χ2n) is 30.4. The van der Waals surface area contributed by atoms with Crippen molar-refractivity contribution in [3.8, 4) is 23.0 Å². The van der Waals surface area contributed by atoms with Crippen LogP contribution in [0.5, 0.6) is 23.0 Å². The SMILES string of the molecule is CC(C)c1ccccc1CC1N=C(c2ccc(O)cc2)c2cc(Cl)ccc2N(C)C1=O.CN1C(=O)C(Cc2ccccc2C(C)(C)C)N=C(c2ccc(O)cc2)c2cc(Cl)ccc21.O=C1Nc2ccc(Cl)cc2C(c2ccc(O)cc2)=NC1Cc1ccccc1Br.O=C1Nc2ccc(Cl)cc2C(c2ccc(O)cc2)=NC1Cc1ccccc1Cl. The molecule has 12 aromatic rings. The van der Waals surface area contributed by atoms with Gasteiger partial charge in [0.2, 0.25) is 11.8 Å². The molecule has 0 aliphatic carbocycles. The third-order valence-corrected chi connectivity index (χ3v) is 22.8. The number of benzodiazepines with no additional fused rings is 4. The average molecular weight is 1750 g/mol. The molecule has 4 aliphatic rings. The molecule has 602 valence electrons. The zero-order valence-electron chi connectivity index (χ0n) is 66.0. The molecule has 16 rings (SSSR count). The van der Waals surface area contributed by atoms with E-state index in [0.29, 0.717) is 90.9 Å². The predicted octanol–water partition coefficient (Wildman–Crippen LogP) is 21.7. The fourth-order valence-corrected chi connectivity index (χ4v) is 16.0. The van der Waals surface area contributed by atoms with E-state index in [1.165, 1.54) is 11.1 Å². The van der Waals surface area contributed by atoms with Gasteiger partial charge in [-0.05, 0) is 227 Å². The normalized spacial score (nSPS) is 16.2. The minimum Gasteiger partial charge on any atom is -0.508 e. The first-order valence-corrected chi connectivity index (χ1v) is 41.2. The van der Waals surface area contributed by atoms with Crippen LogP contribution in [0.1, 0.15) is 118 Å². The molecule has 0 spiro atoms. The molecular formula is C97H84BrCl5N8O8. The summed E-state index contributed by atoms with van der Waals surface area (Å²) in [5.74, 6) is 0.533. The molecule has 4 unspecified atom stereocenters. The third kappa shape index (κ3) is 20.4. The summed E-state index contributed by atoms with van der Waals surface area (Å²) in [6.07, 6.45) is 1.84. The number of likely N-dealkylation sites (N-methyl/N-ethyl adjacent to an activating group) is 2. The van der Waals surface area contributed by atoms with E-state index < -0.39 is 24.2 Å². The van der Waals surface area contributed by atoms with Gasteiger partial charge in [0.25, 0.3) is 11.8 Å². The number of aliphatic imine (C=N–C) groups is 4. The minimum atomic E-state index is -0.658. The molecule has 0 fully saturated rings. The molecule has 0 aromatic heterocycles. The van der Waals surface area contributed by atoms with E-state index in [1.54, 1.807) is 151 Å². The first kappa shape index (κ1) is 85.2. The van der Waals surface area contributed by atoms with Crippen LogP contribution in [0.4, 0.5) is 22.7 Å². The van der Waals surface area contributed by atoms with Crippen molar-refractivity contribution in [2.24, 2.45) is 20.0 Å². The molecule has 12 aromatic carbocycles. The van der Waals surface area contributed by atoms with Gasteiger partial charge < -0.3 is 40.9 Å². The lowest BCUT2D eigenvalue weighted by atomic mass is 9.82. The fourth-order valence-electron chi connectivity index (χ4n) is 14.7. The first-order valence-electron chi connectivity index (χ1n) is 38.5. The largest absolute Gasteiger partial charge is 0.508 e. The summed E-state index contributed by atoms with van der Waals surface area (Å²) in [6, 6.07) is 78.1. The van der Waals surface area contributed by atoms with Gasteiger partial charge in [0.1, 0.15) is 47.2 Å². The number of phenols is 4. The van der Waals surface area contributed by atoms with Gasteiger partial charge in [-0.15, -0.1) is 0 Å². The molecule has 0 bridgehead atoms. The maximum Gasteiger partial charge on any atom is 0.251 e. The topological polar surface area (TPSA) is 229 Å². The van der Waals surface area contributed by atoms with Gasteiger partial charge in [0.05, 0.1) is 45.6 Å². The molecule has 0 saturated carbocycles. The van der Waals surface area contributed by atoms with Crippen molar-refractivity contribution in [1.29, 1.82) is 0 Å². The van der Waals surface area contributed by atoms with Crippen LogP contribution in [0.3, 0.4) is 0 Å². The lowest BCUT2D eigenvalue weighted by Crippen LogP contribution is -2.36. The number of halogens is 6. The van der Waals surface area contributed by atoms with Gasteiger partial charge in [-0.2, -0.15) is 0 Å². The Morgan fingerprint density at radius 2 is 0.697 bits per heavy atom. The first-order chi connectivity index (χ1) is 57.0. The van der Waals surface area contributed by atoms with E-state index >= 15 is 0 Å². The summed E-state index contributed by atoms with van der Waals surface area (Å²) >= 11 is 34.9. The van der Waals surface area contributed by atoms with Crippen molar-refractivity contribution >= 4 is 143 Å². The van der Waals surface area contributed by atoms with Crippen LogP contribution in [0.15, 0.2) is 291 Å². The highest BCUT2D eigenvalue weighted by Crippen LogP contribution is 2.38. The molecule has 6 N–H and O–H groups in total. The van der Waals surface area contributed by atoms with Gasteiger partial charge in [0, 0.05) is 114 Å². The van der Waals surface area contributed by atoms with Gasteiger partial charge >= 0.3 is 0 Å². The van der Waals surface area contributed by atoms with E-state index in [9.17, 15) is 39.6 Å². The Hall–Kier alpha value is -11.7. The maximum atomic E-state index is 13.5. The Morgan fingerprint density at radius 3 is 1.10 bits per heavy atom. The Labute approximate surface area is 725 Å². The number of amides is 4. The number of rotatable bonds is 13. The highest BCUT2D eigenvalue weighted by atomic mass is 79.9. The molecule has 4 atom stereocenters. The molecule has 0 saturated heterocycles. The lowest BCUT2D eigenvalue weighted by molar-refractivity contribution is -0.120. The molecular weight excluding hydrogens is 1660 g/mol. The van der Waals surface area contributed by atoms with E-state index in [2.05, 4.69) is 85.4 Å². The highest BCUT2D eigenvalue weighted by molar-refractivity contribution is 9.10. The smallest absolute Gasteiger partial charge is 0.251 e. The summed E-state index contributed by atoms with van der Waals surface area (Å²) in [7, 11) is 3.57. The molecule has 119 heavy (non-hydrogen) atoms. The van der Waals surface area contributed by atoms with Crippen LogP contribution in [0.2, 0.25) is 25.1 Å². The van der Waals surface area contributed by atoms with Gasteiger partial charge in [0.15, 0.2) is 0 Å². The molecule has 4 heterocycles. The summed E-state index contributed by atoms with van der Waals surface area (Å²) in [4.78, 5) is 75.7. The monoisotopic (exact) mass is 1740 g/mol. The lowest BCUT2D eigenvalue weighted by Gasteiger charge is -2.25. The Bertz CT molecular complexity index is 5780. The zero-order valence-corrected chi connectivity index (χ0v) is 71.4. The maximum absolute atomic E-state index is 13.5. The van der Waals surface area contributed by atoms with Gasteiger partial charge in [-0.25, -0.2) is 0 Å². The highest BCUT2D eigenvalue weighted by Gasteiger charge is 2.35. The van der Waals surface area contributed by atoms with Gasteiger partial charge in [-0.1, -0.05) is 193 Å². The van der Waals surface area contributed by atoms with Crippen molar-refractivity contribution < 1.29 is 39.6 Å². The van der Waals surface area contributed by atoms with Crippen molar-refractivity contribution in [3.05, 3.63) is 374 Å².